The molecule has 5 heteroatoms. The predicted molar refractivity (Wildman–Crippen MR) is 75.5 cm³/mol. The minimum absolute atomic E-state index is 0. The third-order valence-electron chi connectivity index (χ3n) is 3.11. The molecule has 1 amide bonds. The minimum atomic E-state index is -0.441. The van der Waals surface area contributed by atoms with Crippen molar-refractivity contribution >= 4 is 18.3 Å². The number of rotatable bonds is 5. The van der Waals surface area contributed by atoms with Crippen LogP contribution in [-0.2, 0) is 11.3 Å². The van der Waals surface area contributed by atoms with Crippen molar-refractivity contribution in [2.45, 2.75) is 39.8 Å². The van der Waals surface area contributed by atoms with Gasteiger partial charge in [0.1, 0.15) is 0 Å². The van der Waals surface area contributed by atoms with Gasteiger partial charge in [0.2, 0.25) is 5.91 Å². The molecule has 0 aromatic carbocycles. The van der Waals surface area contributed by atoms with Crippen LogP contribution < -0.4 is 11.1 Å². The summed E-state index contributed by atoms with van der Waals surface area (Å²) in [6.07, 6.45) is 2.63. The summed E-state index contributed by atoms with van der Waals surface area (Å²) in [5.41, 5.74) is 7.80. The van der Waals surface area contributed by atoms with Gasteiger partial charge in [-0.25, -0.2) is 0 Å². The molecule has 0 saturated carbocycles. The van der Waals surface area contributed by atoms with Gasteiger partial charge in [-0.2, -0.15) is 0 Å². The molecule has 3 N–H and O–H groups in total. The SMILES string of the molecule is CCC(C)C(N)C(=O)NCc1ncccc1C.Cl. The third kappa shape index (κ3) is 4.63. The van der Waals surface area contributed by atoms with Crippen molar-refractivity contribution in [2.24, 2.45) is 11.7 Å². The van der Waals surface area contributed by atoms with E-state index < -0.39 is 6.04 Å². The highest BCUT2D eigenvalue weighted by Crippen LogP contribution is 2.06. The summed E-state index contributed by atoms with van der Waals surface area (Å²) in [6, 6.07) is 3.42. The largest absolute Gasteiger partial charge is 0.349 e. The zero-order chi connectivity index (χ0) is 12.8. The van der Waals surface area contributed by atoms with Crippen LogP contribution in [0.2, 0.25) is 0 Å². The Kier molecular flexibility index (Phi) is 7.55. The van der Waals surface area contributed by atoms with Gasteiger partial charge in [0.05, 0.1) is 18.3 Å². The first-order valence-electron chi connectivity index (χ1n) is 6.00. The number of nitrogens with zero attached hydrogens (tertiary/aromatic N) is 1. The van der Waals surface area contributed by atoms with Crippen molar-refractivity contribution in [1.29, 1.82) is 0 Å². The van der Waals surface area contributed by atoms with Crippen LogP contribution in [0.3, 0.4) is 0 Å². The predicted octanol–water partition coefficient (Wildman–Crippen LogP) is 1.80. The molecule has 1 rings (SSSR count). The third-order valence-corrected chi connectivity index (χ3v) is 3.11. The molecule has 18 heavy (non-hydrogen) atoms. The molecule has 0 spiro atoms. The monoisotopic (exact) mass is 271 g/mol. The van der Waals surface area contributed by atoms with Gasteiger partial charge in [0.15, 0.2) is 0 Å². The van der Waals surface area contributed by atoms with E-state index in [0.717, 1.165) is 17.7 Å². The van der Waals surface area contributed by atoms with E-state index in [0.29, 0.717) is 6.54 Å². The smallest absolute Gasteiger partial charge is 0.237 e. The first-order chi connectivity index (χ1) is 8.06. The molecule has 0 bridgehead atoms. The lowest BCUT2D eigenvalue weighted by Gasteiger charge is -2.17. The molecule has 1 aromatic heterocycles. The first-order valence-corrected chi connectivity index (χ1v) is 6.00. The van der Waals surface area contributed by atoms with E-state index in [1.54, 1.807) is 6.20 Å². The van der Waals surface area contributed by atoms with E-state index >= 15 is 0 Å². The number of halogens is 1. The standard InChI is InChI=1S/C13H21N3O.ClH/c1-4-9(2)12(14)13(17)16-8-11-10(3)6-5-7-15-11;/h5-7,9,12H,4,8,14H2,1-3H3,(H,16,17);1H. The quantitative estimate of drug-likeness (QED) is 0.858. The van der Waals surface area contributed by atoms with E-state index in [4.69, 9.17) is 5.73 Å². The average molecular weight is 272 g/mol. The number of aryl methyl sites for hydroxylation is 1. The lowest BCUT2D eigenvalue weighted by molar-refractivity contribution is -0.123. The number of carbonyl (C=O) groups is 1. The molecule has 0 aliphatic rings. The summed E-state index contributed by atoms with van der Waals surface area (Å²) in [7, 11) is 0. The molecule has 1 aromatic rings. The highest BCUT2D eigenvalue weighted by atomic mass is 35.5. The molecule has 0 fully saturated rings. The summed E-state index contributed by atoms with van der Waals surface area (Å²) >= 11 is 0. The van der Waals surface area contributed by atoms with Crippen LogP contribution in [0.5, 0.6) is 0 Å². The highest BCUT2D eigenvalue weighted by molar-refractivity contribution is 5.85. The number of nitrogens with one attached hydrogen (secondary N) is 1. The van der Waals surface area contributed by atoms with Crippen molar-refractivity contribution in [3.05, 3.63) is 29.6 Å². The Morgan fingerprint density at radius 3 is 2.78 bits per heavy atom. The Bertz CT molecular complexity index is 384. The highest BCUT2D eigenvalue weighted by Gasteiger charge is 2.19. The zero-order valence-electron chi connectivity index (χ0n) is 11.1. The maximum Gasteiger partial charge on any atom is 0.237 e. The minimum Gasteiger partial charge on any atom is -0.349 e. The molecule has 0 saturated heterocycles. The number of carbonyl (C=O) groups excluding carboxylic acids is 1. The van der Waals surface area contributed by atoms with Crippen molar-refractivity contribution in [3.8, 4) is 0 Å². The molecule has 0 aliphatic carbocycles. The van der Waals surface area contributed by atoms with Crippen LogP contribution in [0.4, 0.5) is 0 Å². The fraction of sp³-hybridized carbons (Fsp3) is 0.538. The molecule has 0 aliphatic heterocycles. The van der Waals surface area contributed by atoms with Crippen molar-refractivity contribution in [3.63, 3.8) is 0 Å². The number of aromatic nitrogens is 1. The molecule has 1 heterocycles. The maximum absolute atomic E-state index is 11.8. The van der Waals surface area contributed by atoms with E-state index in [1.165, 1.54) is 0 Å². The van der Waals surface area contributed by atoms with Gasteiger partial charge >= 0.3 is 0 Å². The number of hydrogen-bond acceptors (Lipinski definition) is 3. The summed E-state index contributed by atoms with van der Waals surface area (Å²) in [4.78, 5) is 16.0. The second kappa shape index (κ2) is 8.06. The zero-order valence-corrected chi connectivity index (χ0v) is 12.0. The Hall–Kier alpha value is -1.13. The van der Waals surface area contributed by atoms with Crippen molar-refractivity contribution in [2.75, 3.05) is 0 Å². The Morgan fingerprint density at radius 2 is 2.22 bits per heavy atom. The lowest BCUT2D eigenvalue weighted by Crippen LogP contribution is -2.44. The molecule has 4 nitrogen and oxygen atoms in total. The lowest BCUT2D eigenvalue weighted by atomic mass is 9.99. The molecule has 2 unspecified atom stereocenters. The molecular weight excluding hydrogens is 250 g/mol. The summed E-state index contributed by atoms with van der Waals surface area (Å²) < 4.78 is 0. The molecular formula is C13H22ClN3O. The van der Waals surface area contributed by atoms with E-state index in [9.17, 15) is 4.79 Å². The molecule has 0 radical (unpaired) electrons. The van der Waals surface area contributed by atoms with Crippen LogP contribution in [0.15, 0.2) is 18.3 Å². The van der Waals surface area contributed by atoms with E-state index in [2.05, 4.69) is 10.3 Å². The van der Waals surface area contributed by atoms with Gasteiger partial charge in [0, 0.05) is 6.20 Å². The topological polar surface area (TPSA) is 68.0 Å². The van der Waals surface area contributed by atoms with Crippen LogP contribution in [0.1, 0.15) is 31.5 Å². The number of pyridine rings is 1. The van der Waals surface area contributed by atoms with E-state index in [-0.39, 0.29) is 24.2 Å². The summed E-state index contributed by atoms with van der Waals surface area (Å²) in [5.74, 6) is 0.0873. The van der Waals surface area contributed by atoms with Crippen molar-refractivity contribution in [1.82, 2.24) is 10.3 Å². The van der Waals surface area contributed by atoms with Crippen LogP contribution in [0, 0.1) is 12.8 Å². The Labute approximate surface area is 115 Å². The first kappa shape index (κ1) is 16.9. The van der Waals surface area contributed by atoms with Crippen LogP contribution >= 0.6 is 12.4 Å². The van der Waals surface area contributed by atoms with Gasteiger partial charge in [-0.15, -0.1) is 12.4 Å². The van der Waals surface area contributed by atoms with Gasteiger partial charge in [0.25, 0.3) is 0 Å². The fourth-order valence-corrected chi connectivity index (χ4v) is 1.50. The summed E-state index contributed by atoms with van der Waals surface area (Å²) in [6.45, 7) is 6.43. The second-order valence-corrected chi connectivity index (χ2v) is 4.40. The second-order valence-electron chi connectivity index (χ2n) is 4.40. The number of nitrogens with two attached hydrogens (primary N) is 1. The fourth-order valence-electron chi connectivity index (χ4n) is 1.50. The van der Waals surface area contributed by atoms with E-state index in [1.807, 2.05) is 32.9 Å². The van der Waals surface area contributed by atoms with Gasteiger partial charge in [-0.1, -0.05) is 26.3 Å². The number of hydrogen-bond donors (Lipinski definition) is 2. The number of amides is 1. The van der Waals surface area contributed by atoms with Gasteiger partial charge < -0.3 is 11.1 Å². The Morgan fingerprint density at radius 1 is 1.56 bits per heavy atom. The molecule has 2 atom stereocenters. The van der Waals surface area contributed by atoms with Gasteiger partial charge in [-0.3, -0.25) is 9.78 Å². The van der Waals surface area contributed by atoms with Crippen LogP contribution in [-0.4, -0.2) is 16.9 Å². The average Bonchev–Trinajstić information content (AvgIpc) is 2.35. The molecule has 102 valence electrons. The van der Waals surface area contributed by atoms with Crippen molar-refractivity contribution < 1.29 is 4.79 Å². The van der Waals surface area contributed by atoms with Crippen LogP contribution in [0.25, 0.3) is 0 Å². The maximum atomic E-state index is 11.8. The Balaban J connectivity index is 0.00000289. The summed E-state index contributed by atoms with van der Waals surface area (Å²) in [5, 5.41) is 2.83. The normalized spacial score (nSPS) is 13.3. The van der Waals surface area contributed by atoms with Gasteiger partial charge in [-0.05, 0) is 24.5 Å².